The number of nitrogens with one attached hydrogen (secondary N) is 1. The molecule has 18 heavy (non-hydrogen) atoms. The summed E-state index contributed by atoms with van der Waals surface area (Å²) in [7, 11) is 8.17. The molecular weight excluding hydrogens is 226 g/mol. The summed E-state index contributed by atoms with van der Waals surface area (Å²) in [5.41, 5.74) is 0. The molecule has 1 N–H and O–H groups in total. The van der Waals surface area contributed by atoms with Gasteiger partial charge in [0.15, 0.2) is 0 Å². The van der Waals surface area contributed by atoms with Gasteiger partial charge in [0, 0.05) is 19.2 Å². The molecule has 0 bridgehead atoms. The number of ether oxygens (including phenoxy) is 1. The fourth-order valence-corrected chi connectivity index (χ4v) is 2.68. The van der Waals surface area contributed by atoms with E-state index in [0.717, 1.165) is 12.6 Å². The van der Waals surface area contributed by atoms with E-state index >= 15 is 0 Å². The van der Waals surface area contributed by atoms with Crippen molar-refractivity contribution in [2.45, 2.75) is 37.8 Å². The van der Waals surface area contributed by atoms with Crippen LogP contribution in [0.5, 0.6) is 0 Å². The highest BCUT2D eigenvalue weighted by molar-refractivity contribution is 4.75. The van der Waals surface area contributed by atoms with Gasteiger partial charge in [-0.1, -0.05) is 0 Å². The van der Waals surface area contributed by atoms with Crippen molar-refractivity contribution in [3.63, 3.8) is 0 Å². The largest absolute Gasteiger partial charge is 0.383 e. The van der Waals surface area contributed by atoms with Crippen LogP contribution < -0.4 is 5.32 Å². The molecule has 0 aromatic carbocycles. The van der Waals surface area contributed by atoms with Crippen LogP contribution in [0, 0.1) is 0 Å². The fourth-order valence-electron chi connectivity index (χ4n) is 2.68. The zero-order valence-electron chi connectivity index (χ0n) is 12.6. The summed E-state index contributed by atoms with van der Waals surface area (Å²) in [5.74, 6) is 0. The summed E-state index contributed by atoms with van der Waals surface area (Å²) >= 11 is 0. The van der Waals surface area contributed by atoms with Crippen molar-refractivity contribution in [3.8, 4) is 0 Å². The lowest BCUT2D eigenvalue weighted by molar-refractivity contribution is 0.129. The molecule has 4 heteroatoms. The van der Waals surface area contributed by atoms with Crippen LogP contribution in [0.25, 0.3) is 0 Å². The predicted molar refractivity (Wildman–Crippen MR) is 77.1 cm³/mol. The van der Waals surface area contributed by atoms with Crippen LogP contribution in [0.3, 0.4) is 0 Å². The van der Waals surface area contributed by atoms with Gasteiger partial charge in [-0.2, -0.15) is 0 Å². The molecule has 0 radical (unpaired) electrons. The number of hydrogen-bond acceptors (Lipinski definition) is 4. The lowest BCUT2D eigenvalue weighted by Gasteiger charge is -2.28. The molecule has 0 aliphatic carbocycles. The Kier molecular flexibility index (Phi) is 7.82. The highest BCUT2D eigenvalue weighted by Gasteiger charge is 2.19. The maximum absolute atomic E-state index is 5.05. The second-order valence-electron chi connectivity index (χ2n) is 5.60. The Hall–Kier alpha value is -0.160. The van der Waals surface area contributed by atoms with Crippen LogP contribution in [-0.4, -0.2) is 76.4 Å². The monoisotopic (exact) mass is 257 g/mol. The smallest absolute Gasteiger partial charge is 0.0617 e. The average Bonchev–Trinajstić information content (AvgIpc) is 2.78. The van der Waals surface area contributed by atoms with Gasteiger partial charge in [0.2, 0.25) is 0 Å². The van der Waals surface area contributed by atoms with Gasteiger partial charge in [0.1, 0.15) is 0 Å². The Balaban J connectivity index is 0.000000180. The lowest BCUT2D eigenvalue weighted by Crippen LogP contribution is -2.39. The van der Waals surface area contributed by atoms with Crippen molar-refractivity contribution in [3.05, 3.63) is 0 Å². The first-order chi connectivity index (χ1) is 8.67. The van der Waals surface area contributed by atoms with Gasteiger partial charge in [-0.05, 0) is 66.5 Å². The van der Waals surface area contributed by atoms with Gasteiger partial charge in [0.25, 0.3) is 0 Å². The molecule has 0 amide bonds. The van der Waals surface area contributed by atoms with Crippen molar-refractivity contribution in [1.82, 2.24) is 15.1 Å². The molecule has 108 valence electrons. The molecule has 2 saturated heterocycles. The Morgan fingerprint density at radius 3 is 2.22 bits per heavy atom. The van der Waals surface area contributed by atoms with Crippen molar-refractivity contribution in [2.75, 3.05) is 54.5 Å². The summed E-state index contributed by atoms with van der Waals surface area (Å²) in [5, 5.41) is 3.30. The molecule has 2 heterocycles. The zero-order valence-corrected chi connectivity index (χ0v) is 12.6. The quantitative estimate of drug-likeness (QED) is 0.817. The number of rotatable bonds is 3. The normalized spacial score (nSPS) is 27.0. The molecule has 0 spiro atoms. The second kappa shape index (κ2) is 8.86. The predicted octanol–water partition coefficient (Wildman–Crippen LogP) is 1.03. The number of piperidine rings is 1. The minimum atomic E-state index is 0.690. The zero-order chi connectivity index (χ0) is 13.4. The molecule has 1 atom stereocenters. The molecular formula is C14H31N3O. The molecule has 4 nitrogen and oxygen atoms in total. The molecule has 2 aliphatic heterocycles. The number of methoxy groups -OCH3 is 1. The molecule has 2 rings (SSSR count). The first-order valence-corrected chi connectivity index (χ1v) is 7.22. The Morgan fingerprint density at radius 2 is 1.78 bits per heavy atom. The molecule has 0 aromatic heterocycles. The van der Waals surface area contributed by atoms with Crippen molar-refractivity contribution >= 4 is 0 Å². The summed E-state index contributed by atoms with van der Waals surface area (Å²) in [6, 6.07) is 1.47. The summed E-state index contributed by atoms with van der Waals surface area (Å²) in [6.07, 6.45) is 5.27. The SMILES string of the molecule is CNC1CCN(C)CC1.COCC1CCCN1C. The van der Waals surface area contributed by atoms with E-state index in [-0.39, 0.29) is 0 Å². The fraction of sp³-hybridized carbons (Fsp3) is 1.00. The van der Waals surface area contributed by atoms with E-state index in [9.17, 15) is 0 Å². The van der Waals surface area contributed by atoms with E-state index in [1.165, 1.54) is 45.3 Å². The molecule has 2 aliphatic rings. The van der Waals surface area contributed by atoms with Crippen molar-refractivity contribution < 1.29 is 4.74 Å². The highest BCUT2D eigenvalue weighted by Crippen LogP contribution is 2.13. The number of likely N-dealkylation sites (tertiary alicyclic amines) is 2. The maximum atomic E-state index is 5.05. The second-order valence-corrected chi connectivity index (χ2v) is 5.60. The van der Waals surface area contributed by atoms with Crippen LogP contribution in [0.1, 0.15) is 25.7 Å². The first-order valence-electron chi connectivity index (χ1n) is 7.22. The maximum Gasteiger partial charge on any atom is 0.0617 e. The van der Waals surface area contributed by atoms with Crippen LogP contribution in [-0.2, 0) is 4.74 Å². The van der Waals surface area contributed by atoms with Gasteiger partial charge in [-0.3, -0.25) is 0 Å². The van der Waals surface area contributed by atoms with Crippen LogP contribution in [0.15, 0.2) is 0 Å². The third-order valence-electron chi connectivity index (χ3n) is 4.16. The number of likely N-dealkylation sites (N-methyl/N-ethyl adjacent to an activating group) is 1. The van der Waals surface area contributed by atoms with Gasteiger partial charge in [-0.25, -0.2) is 0 Å². The van der Waals surface area contributed by atoms with Crippen LogP contribution in [0.4, 0.5) is 0 Å². The molecule has 0 saturated carbocycles. The minimum absolute atomic E-state index is 0.690. The van der Waals surface area contributed by atoms with Crippen molar-refractivity contribution in [2.24, 2.45) is 0 Å². The summed E-state index contributed by atoms with van der Waals surface area (Å²) in [6.45, 7) is 4.65. The standard InChI is InChI=1S/C7H16N2.C7H15NO/c1-8-7-3-5-9(2)6-4-7;1-8-5-3-4-7(8)6-9-2/h7-8H,3-6H2,1-2H3;7H,3-6H2,1-2H3. The molecule has 1 unspecified atom stereocenters. The van der Waals surface area contributed by atoms with E-state index in [4.69, 9.17) is 4.74 Å². The number of nitrogens with zero attached hydrogens (tertiary/aromatic N) is 2. The third-order valence-corrected chi connectivity index (χ3v) is 4.16. The van der Waals surface area contributed by atoms with E-state index in [2.05, 4.69) is 36.3 Å². The van der Waals surface area contributed by atoms with E-state index in [1.54, 1.807) is 7.11 Å². The summed E-state index contributed by atoms with van der Waals surface area (Å²) < 4.78 is 5.05. The lowest BCUT2D eigenvalue weighted by atomic mass is 10.1. The Bertz CT molecular complexity index is 205. The van der Waals surface area contributed by atoms with Gasteiger partial charge in [-0.15, -0.1) is 0 Å². The van der Waals surface area contributed by atoms with Crippen molar-refractivity contribution in [1.29, 1.82) is 0 Å². The Labute approximate surface area is 113 Å². The third kappa shape index (κ3) is 5.65. The molecule has 2 fully saturated rings. The Morgan fingerprint density at radius 1 is 1.11 bits per heavy atom. The number of hydrogen-bond donors (Lipinski definition) is 1. The van der Waals surface area contributed by atoms with E-state index < -0.39 is 0 Å². The average molecular weight is 257 g/mol. The highest BCUT2D eigenvalue weighted by atomic mass is 16.5. The summed E-state index contributed by atoms with van der Waals surface area (Å²) in [4.78, 5) is 4.75. The van der Waals surface area contributed by atoms with Gasteiger partial charge in [0.05, 0.1) is 6.61 Å². The topological polar surface area (TPSA) is 27.7 Å². The van der Waals surface area contributed by atoms with E-state index in [1.807, 2.05) is 0 Å². The first kappa shape index (κ1) is 15.9. The van der Waals surface area contributed by atoms with Gasteiger partial charge < -0.3 is 19.9 Å². The minimum Gasteiger partial charge on any atom is -0.383 e. The van der Waals surface area contributed by atoms with E-state index in [0.29, 0.717) is 6.04 Å². The van der Waals surface area contributed by atoms with Crippen LogP contribution in [0.2, 0.25) is 0 Å². The molecule has 0 aromatic rings. The van der Waals surface area contributed by atoms with Crippen LogP contribution >= 0.6 is 0 Å². The van der Waals surface area contributed by atoms with Gasteiger partial charge >= 0.3 is 0 Å².